The number of hydrogen-bond donors (Lipinski definition) is 3. The van der Waals surface area contributed by atoms with Gasteiger partial charge < -0.3 is 25.3 Å². The lowest BCUT2D eigenvalue weighted by Gasteiger charge is -2.39. The normalized spacial score (nSPS) is 19.4. The van der Waals surface area contributed by atoms with Gasteiger partial charge in [-0.05, 0) is 49.2 Å². The molecule has 39 heavy (non-hydrogen) atoms. The van der Waals surface area contributed by atoms with Gasteiger partial charge in [-0.25, -0.2) is 10.0 Å². The van der Waals surface area contributed by atoms with Crippen LogP contribution in [0.15, 0.2) is 66.9 Å². The number of amides is 4. The molecule has 0 aliphatic carbocycles. The first-order valence-electron chi connectivity index (χ1n) is 12.2. The summed E-state index contributed by atoms with van der Waals surface area (Å²) in [4.78, 5) is 74.4. The Morgan fingerprint density at radius 3 is 2.41 bits per heavy atom. The minimum Gasteiger partial charge on any atom is -0.481 e. The number of carbonyl (C=O) groups is 6. The fraction of sp³-hybridized carbons (Fsp3) is 0.259. The van der Waals surface area contributed by atoms with Gasteiger partial charge >= 0.3 is 5.97 Å². The van der Waals surface area contributed by atoms with Gasteiger partial charge in [-0.3, -0.25) is 24.0 Å². The van der Waals surface area contributed by atoms with E-state index in [9.17, 15) is 28.8 Å². The SMILES string of the molecule is O=C[C@H](CC(=O)O)NC(=O)[C@@H]1CC=CN2C(=O)CC[C@H](NC(=O)c3ccc(Oc4ccccc4)cc3)C(=O)N12. The highest BCUT2D eigenvalue weighted by atomic mass is 16.5. The van der Waals surface area contributed by atoms with Crippen LogP contribution < -0.4 is 15.4 Å². The first kappa shape index (κ1) is 27.0. The number of hydrazine groups is 1. The number of rotatable bonds is 9. The fourth-order valence-electron chi connectivity index (χ4n) is 4.23. The molecule has 2 aliphatic rings. The molecule has 4 rings (SSSR count). The van der Waals surface area contributed by atoms with Gasteiger partial charge in [-0.1, -0.05) is 24.3 Å². The molecule has 0 saturated carbocycles. The van der Waals surface area contributed by atoms with Gasteiger partial charge in [0.15, 0.2) is 0 Å². The van der Waals surface area contributed by atoms with Gasteiger partial charge in [0.05, 0.1) is 12.5 Å². The molecule has 0 radical (unpaired) electrons. The number of carbonyl (C=O) groups excluding carboxylic acids is 5. The average Bonchev–Trinajstić information content (AvgIpc) is 3.05. The van der Waals surface area contributed by atoms with Crippen molar-refractivity contribution in [1.82, 2.24) is 20.7 Å². The maximum absolute atomic E-state index is 13.5. The summed E-state index contributed by atoms with van der Waals surface area (Å²) in [5, 5.41) is 15.9. The number of nitrogens with one attached hydrogen (secondary N) is 2. The Labute approximate surface area is 223 Å². The Balaban J connectivity index is 1.47. The van der Waals surface area contributed by atoms with Crippen molar-refractivity contribution in [2.45, 2.75) is 43.8 Å². The summed E-state index contributed by atoms with van der Waals surface area (Å²) in [6, 6.07) is 11.7. The quantitative estimate of drug-likeness (QED) is 0.407. The number of aliphatic carboxylic acids is 1. The van der Waals surface area contributed by atoms with Crippen molar-refractivity contribution >= 4 is 35.9 Å². The van der Waals surface area contributed by atoms with E-state index in [-0.39, 0.29) is 31.1 Å². The van der Waals surface area contributed by atoms with E-state index in [1.807, 2.05) is 18.2 Å². The number of aldehydes is 1. The van der Waals surface area contributed by atoms with Crippen molar-refractivity contribution in [2.24, 2.45) is 0 Å². The number of ether oxygens (including phenoxy) is 1. The van der Waals surface area contributed by atoms with E-state index in [1.54, 1.807) is 24.3 Å². The molecule has 2 aromatic carbocycles. The summed E-state index contributed by atoms with van der Waals surface area (Å²) in [6.45, 7) is 0. The first-order valence-corrected chi connectivity index (χ1v) is 12.2. The van der Waals surface area contributed by atoms with Gasteiger partial charge in [0.25, 0.3) is 11.8 Å². The van der Waals surface area contributed by atoms with Gasteiger partial charge in [0, 0.05) is 18.2 Å². The number of fused-ring (bicyclic) bond motifs is 1. The van der Waals surface area contributed by atoms with E-state index in [2.05, 4.69) is 10.6 Å². The molecule has 202 valence electrons. The number of para-hydroxylation sites is 1. The number of nitrogens with zero attached hydrogens (tertiary/aromatic N) is 2. The fourth-order valence-corrected chi connectivity index (χ4v) is 4.23. The largest absolute Gasteiger partial charge is 0.481 e. The van der Waals surface area contributed by atoms with Crippen LogP contribution in [0.4, 0.5) is 0 Å². The zero-order chi connectivity index (χ0) is 27.9. The molecule has 1 saturated heterocycles. The lowest BCUT2D eigenvalue weighted by molar-refractivity contribution is -0.166. The highest BCUT2D eigenvalue weighted by molar-refractivity contribution is 6.00. The van der Waals surface area contributed by atoms with Gasteiger partial charge in [0.1, 0.15) is 29.9 Å². The van der Waals surface area contributed by atoms with Crippen LogP contribution >= 0.6 is 0 Å². The van der Waals surface area contributed by atoms with E-state index in [0.29, 0.717) is 11.5 Å². The summed E-state index contributed by atoms with van der Waals surface area (Å²) < 4.78 is 5.72. The molecule has 2 aromatic rings. The summed E-state index contributed by atoms with van der Waals surface area (Å²) in [5.74, 6) is -2.67. The van der Waals surface area contributed by atoms with Crippen molar-refractivity contribution < 1.29 is 38.6 Å². The van der Waals surface area contributed by atoms with Crippen LogP contribution in [0.3, 0.4) is 0 Å². The molecule has 1 fully saturated rings. The van der Waals surface area contributed by atoms with E-state index in [0.717, 1.165) is 10.0 Å². The minimum atomic E-state index is -1.31. The number of carboxylic acid groups (broad SMARTS) is 1. The van der Waals surface area contributed by atoms with Crippen LogP contribution in [-0.4, -0.2) is 69.1 Å². The zero-order valence-electron chi connectivity index (χ0n) is 20.7. The molecule has 0 spiro atoms. The summed E-state index contributed by atoms with van der Waals surface area (Å²) in [6.07, 6.45) is 2.49. The van der Waals surface area contributed by atoms with Crippen molar-refractivity contribution in [1.29, 1.82) is 0 Å². The predicted octanol–water partition coefficient (Wildman–Crippen LogP) is 1.39. The molecule has 12 nitrogen and oxygen atoms in total. The minimum absolute atomic E-state index is 0.00373. The van der Waals surface area contributed by atoms with Crippen molar-refractivity contribution in [3.05, 3.63) is 72.4 Å². The lowest BCUT2D eigenvalue weighted by atomic mass is 10.1. The van der Waals surface area contributed by atoms with Crippen molar-refractivity contribution in [3.8, 4) is 11.5 Å². The molecule has 3 atom stereocenters. The highest BCUT2D eigenvalue weighted by Gasteiger charge is 2.43. The van der Waals surface area contributed by atoms with Crippen LogP contribution in [0.25, 0.3) is 0 Å². The summed E-state index contributed by atoms with van der Waals surface area (Å²) in [7, 11) is 0. The Morgan fingerprint density at radius 1 is 1.05 bits per heavy atom. The Kier molecular flexibility index (Phi) is 8.34. The second kappa shape index (κ2) is 12.0. The van der Waals surface area contributed by atoms with Crippen molar-refractivity contribution in [3.63, 3.8) is 0 Å². The smallest absolute Gasteiger partial charge is 0.305 e. The van der Waals surface area contributed by atoms with Crippen LogP contribution in [0, 0.1) is 0 Å². The number of carboxylic acids is 1. The molecule has 2 heterocycles. The van der Waals surface area contributed by atoms with Gasteiger partial charge in [-0.15, -0.1) is 0 Å². The van der Waals surface area contributed by atoms with E-state index >= 15 is 0 Å². The zero-order valence-corrected chi connectivity index (χ0v) is 20.7. The van der Waals surface area contributed by atoms with Crippen LogP contribution in [0.5, 0.6) is 11.5 Å². The highest BCUT2D eigenvalue weighted by Crippen LogP contribution is 2.25. The van der Waals surface area contributed by atoms with Crippen LogP contribution in [0.2, 0.25) is 0 Å². The molecule has 2 aliphatic heterocycles. The van der Waals surface area contributed by atoms with Gasteiger partial charge in [-0.2, -0.15) is 0 Å². The van der Waals surface area contributed by atoms with E-state index in [1.165, 1.54) is 24.4 Å². The number of hydrogen-bond acceptors (Lipinski definition) is 7. The van der Waals surface area contributed by atoms with E-state index < -0.39 is 54.1 Å². The monoisotopic (exact) mass is 534 g/mol. The van der Waals surface area contributed by atoms with E-state index in [4.69, 9.17) is 9.84 Å². The third-order valence-electron chi connectivity index (χ3n) is 6.15. The Bertz CT molecular complexity index is 1290. The molecule has 0 unspecified atom stereocenters. The molecule has 4 amide bonds. The molecule has 0 bridgehead atoms. The maximum atomic E-state index is 13.5. The second-order valence-corrected chi connectivity index (χ2v) is 8.91. The Morgan fingerprint density at radius 2 is 1.74 bits per heavy atom. The summed E-state index contributed by atoms with van der Waals surface area (Å²) in [5.41, 5.74) is 0.256. The van der Waals surface area contributed by atoms with Gasteiger partial charge in [0.2, 0.25) is 11.8 Å². The van der Waals surface area contributed by atoms with Crippen LogP contribution in [-0.2, 0) is 24.0 Å². The second-order valence-electron chi connectivity index (χ2n) is 8.91. The standard InChI is InChI=1S/C27H26N4O8/c32-16-18(15-24(34)35)28-26(37)22-7-4-14-30-23(33)13-12-21(27(38)31(22)30)29-25(36)17-8-10-20(11-9-17)39-19-5-2-1-3-6-19/h1-6,8-11,14,16,18,21-22H,7,12-13,15H2,(H,28,37)(H,29,36)(H,34,35)/t18-,21-,22-/m0/s1. The molecular formula is C27H26N4O8. The number of benzene rings is 2. The summed E-state index contributed by atoms with van der Waals surface area (Å²) >= 11 is 0. The third kappa shape index (κ3) is 6.47. The van der Waals surface area contributed by atoms with Crippen LogP contribution in [0.1, 0.15) is 36.0 Å². The third-order valence-corrected chi connectivity index (χ3v) is 6.15. The topological polar surface area (TPSA) is 162 Å². The predicted molar refractivity (Wildman–Crippen MR) is 135 cm³/mol. The Hall–Kier alpha value is -5.00. The lowest BCUT2D eigenvalue weighted by Crippen LogP contribution is -2.62. The molecule has 0 aromatic heterocycles. The molecule has 12 heteroatoms. The van der Waals surface area contributed by atoms with Crippen molar-refractivity contribution in [2.75, 3.05) is 0 Å². The molecular weight excluding hydrogens is 508 g/mol. The first-order chi connectivity index (χ1) is 18.8. The maximum Gasteiger partial charge on any atom is 0.305 e. The molecule has 3 N–H and O–H groups in total. The average molecular weight is 535 g/mol.